The maximum atomic E-state index is 12.7. The highest BCUT2D eigenvalue weighted by molar-refractivity contribution is 5.94. The number of benzene rings is 2. The maximum Gasteiger partial charge on any atom is 0.251 e. The van der Waals surface area contributed by atoms with E-state index in [1.54, 1.807) is 7.11 Å². The van der Waals surface area contributed by atoms with E-state index >= 15 is 0 Å². The number of methoxy groups -OCH3 is 1. The van der Waals surface area contributed by atoms with Crippen LogP contribution in [0.15, 0.2) is 42.5 Å². The molecule has 0 saturated carbocycles. The fraction of sp³-hybridized carbons (Fsp3) is 0.458. The molecule has 0 aliphatic carbocycles. The molecule has 1 atom stereocenters. The van der Waals surface area contributed by atoms with Gasteiger partial charge in [0.2, 0.25) is 0 Å². The van der Waals surface area contributed by atoms with Gasteiger partial charge in [0, 0.05) is 25.2 Å². The first kappa shape index (κ1) is 22.1. The predicted molar refractivity (Wildman–Crippen MR) is 117 cm³/mol. The molecule has 1 fully saturated rings. The molecule has 0 spiro atoms. The third-order valence-corrected chi connectivity index (χ3v) is 5.44. The quantitative estimate of drug-likeness (QED) is 0.684. The van der Waals surface area contributed by atoms with Crippen molar-refractivity contribution >= 4 is 5.91 Å². The number of carbonyl (C=O) groups is 1. The number of hydrogen-bond donors (Lipinski definition) is 1. The molecular formula is C24H32N2O4. The highest BCUT2D eigenvalue weighted by atomic mass is 16.5. The van der Waals surface area contributed by atoms with Gasteiger partial charge in [0.25, 0.3) is 5.91 Å². The van der Waals surface area contributed by atoms with Crippen molar-refractivity contribution in [1.82, 2.24) is 10.2 Å². The van der Waals surface area contributed by atoms with Gasteiger partial charge < -0.3 is 19.5 Å². The van der Waals surface area contributed by atoms with Gasteiger partial charge >= 0.3 is 0 Å². The molecule has 1 amide bonds. The lowest BCUT2D eigenvalue weighted by molar-refractivity contribution is 0.0162. The van der Waals surface area contributed by atoms with Crippen molar-refractivity contribution < 1.29 is 19.0 Å². The second-order valence-electron chi connectivity index (χ2n) is 7.27. The van der Waals surface area contributed by atoms with Gasteiger partial charge in [-0.2, -0.15) is 0 Å². The van der Waals surface area contributed by atoms with Gasteiger partial charge in [-0.25, -0.2) is 0 Å². The third kappa shape index (κ3) is 5.52. The molecule has 1 saturated heterocycles. The Morgan fingerprint density at radius 1 is 1.10 bits per heavy atom. The van der Waals surface area contributed by atoms with Gasteiger partial charge in [0.05, 0.1) is 33.0 Å². The minimum absolute atomic E-state index is 0.0253. The lowest BCUT2D eigenvalue weighted by atomic mass is 10.0. The summed E-state index contributed by atoms with van der Waals surface area (Å²) in [5.74, 6) is 1.37. The van der Waals surface area contributed by atoms with Crippen LogP contribution in [0.5, 0.6) is 11.5 Å². The summed E-state index contributed by atoms with van der Waals surface area (Å²) in [4.78, 5) is 15.1. The molecule has 0 aromatic heterocycles. The van der Waals surface area contributed by atoms with E-state index in [9.17, 15) is 4.79 Å². The van der Waals surface area contributed by atoms with Crippen molar-refractivity contribution in [3.8, 4) is 11.5 Å². The van der Waals surface area contributed by atoms with Crippen LogP contribution in [0.25, 0.3) is 0 Å². The van der Waals surface area contributed by atoms with E-state index in [0.717, 1.165) is 30.8 Å². The monoisotopic (exact) mass is 412 g/mol. The molecular weight excluding hydrogens is 380 g/mol. The summed E-state index contributed by atoms with van der Waals surface area (Å²) in [6, 6.07) is 13.8. The predicted octanol–water partition coefficient (Wildman–Crippen LogP) is 3.46. The molecule has 1 aliphatic heterocycles. The van der Waals surface area contributed by atoms with E-state index in [1.807, 2.05) is 43.3 Å². The molecule has 162 valence electrons. The van der Waals surface area contributed by atoms with Crippen LogP contribution in [-0.4, -0.2) is 57.4 Å². The Bertz CT molecular complexity index is 816. The van der Waals surface area contributed by atoms with Crippen molar-refractivity contribution in [2.75, 3.05) is 46.6 Å². The summed E-state index contributed by atoms with van der Waals surface area (Å²) in [6.07, 6.45) is 0.959. The number of nitrogens with one attached hydrogen (secondary N) is 1. The van der Waals surface area contributed by atoms with Gasteiger partial charge in [0.15, 0.2) is 11.5 Å². The fourth-order valence-electron chi connectivity index (χ4n) is 3.70. The standard InChI is InChI=1S/C24H32N2O4/c1-4-18-6-8-19(9-7-18)24(27)25-17-21(26-12-14-29-15-13-26)20-10-11-22(30-5-2)23(16-20)28-3/h6-11,16,21H,4-5,12-15,17H2,1-3H3,(H,25,27)/t21-/m0/s1. The summed E-state index contributed by atoms with van der Waals surface area (Å²) in [6.45, 7) is 8.16. The van der Waals surface area contributed by atoms with Crippen LogP contribution in [0.3, 0.4) is 0 Å². The minimum Gasteiger partial charge on any atom is -0.493 e. The molecule has 30 heavy (non-hydrogen) atoms. The van der Waals surface area contributed by atoms with Crippen LogP contribution in [0, 0.1) is 0 Å². The van der Waals surface area contributed by atoms with Gasteiger partial charge in [0.1, 0.15) is 0 Å². The van der Waals surface area contributed by atoms with Crippen LogP contribution in [0.1, 0.15) is 41.4 Å². The zero-order chi connectivity index (χ0) is 21.3. The second kappa shape index (κ2) is 11.0. The number of rotatable bonds is 9. The van der Waals surface area contributed by atoms with Crippen molar-refractivity contribution in [2.45, 2.75) is 26.3 Å². The summed E-state index contributed by atoms with van der Waals surface area (Å²) in [5, 5.41) is 3.12. The molecule has 0 bridgehead atoms. The van der Waals surface area contributed by atoms with E-state index in [2.05, 4.69) is 23.2 Å². The van der Waals surface area contributed by atoms with Crippen LogP contribution in [0.4, 0.5) is 0 Å². The van der Waals surface area contributed by atoms with Crippen molar-refractivity contribution in [3.63, 3.8) is 0 Å². The smallest absolute Gasteiger partial charge is 0.251 e. The molecule has 6 heteroatoms. The molecule has 1 heterocycles. The summed E-state index contributed by atoms with van der Waals surface area (Å²) in [5.41, 5.74) is 2.98. The summed E-state index contributed by atoms with van der Waals surface area (Å²) < 4.78 is 16.7. The first-order chi connectivity index (χ1) is 14.7. The van der Waals surface area contributed by atoms with E-state index in [1.165, 1.54) is 5.56 Å². The number of ether oxygens (including phenoxy) is 3. The highest BCUT2D eigenvalue weighted by Crippen LogP contribution is 2.32. The average molecular weight is 413 g/mol. The lowest BCUT2D eigenvalue weighted by Gasteiger charge is -2.35. The van der Waals surface area contributed by atoms with E-state index < -0.39 is 0 Å². The second-order valence-corrected chi connectivity index (χ2v) is 7.27. The van der Waals surface area contributed by atoms with Crippen molar-refractivity contribution in [3.05, 3.63) is 59.2 Å². The molecule has 2 aromatic rings. The molecule has 2 aromatic carbocycles. The van der Waals surface area contributed by atoms with Crippen molar-refractivity contribution in [1.29, 1.82) is 0 Å². The molecule has 0 unspecified atom stereocenters. The molecule has 0 radical (unpaired) electrons. The SMILES string of the molecule is CCOc1ccc([C@H](CNC(=O)c2ccc(CC)cc2)N2CCOCC2)cc1OC. The van der Waals surface area contributed by atoms with Gasteiger partial charge in [-0.1, -0.05) is 25.1 Å². The number of nitrogens with zero attached hydrogens (tertiary/aromatic N) is 1. The number of hydrogen-bond acceptors (Lipinski definition) is 5. The lowest BCUT2D eigenvalue weighted by Crippen LogP contribution is -2.43. The normalized spacial score (nSPS) is 15.4. The van der Waals surface area contributed by atoms with E-state index in [4.69, 9.17) is 14.2 Å². The van der Waals surface area contributed by atoms with Gasteiger partial charge in [-0.05, 0) is 48.7 Å². The third-order valence-electron chi connectivity index (χ3n) is 5.44. The topological polar surface area (TPSA) is 60.0 Å². The number of carbonyl (C=O) groups excluding carboxylic acids is 1. The minimum atomic E-state index is -0.0613. The summed E-state index contributed by atoms with van der Waals surface area (Å²) in [7, 11) is 1.65. The molecule has 1 N–H and O–H groups in total. The Balaban J connectivity index is 1.77. The fourth-order valence-corrected chi connectivity index (χ4v) is 3.70. The Kier molecular flexibility index (Phi) is 8.11. The van der Waals surface area contributed by atoms with Crippen molar-refractivity contribution in [2.24, 2.45) is 0 Å². The van der Waals surface area contributed by atoms with Gasteiger partial charge in [-0.15, -0.1) is 0 Å². The van der Waals surface area contributed by atoms with Gasteiger partial charge in [-0.3, -0.25) is 9.69 Å². The zero-order valence-electron chi connectivity index (χ0n) is 18.1. The Morgan fingerprint density at radius 2 is 1.83 bits per heavy atom. The first-order valence-electron chi connectivity index (χ1n) is 10.7. The van der Waals surface area contributed by atoms with Crippen LogP contribution in [0.2, 0.25) is 0 Å². The largest absolute Gasteiger partial charge is 0.493 e. The zero-order valence-corrected chi connectivity index (χ0v) is 18.1. The van der Waals surface area contributed by atoms with Crippen LogP contribution >= 0.6 is 0 Å². The van der Waals surface area contributed by atoms with E-state index in [-0.39, 0.29) is 11.9 Å². The van der Waals surface area contributed by atoms with E-state index in [0.29, 0.717) is 37.7 Å². The molecule has 3 rings (SSSR count). The Morgan fingerprint density at radius 3 is 2.47 bits per heavy atom. The maximum absolute atomic E-state index is 12.7. The molecule has 1 aliphatic rings. The number of morpholine rings is 1. The number of amides is 1. The highest BCUT2D eigenvalue weighted by Gasteiger charge is 2.24. The Labute approximate surface area is 179 Å². The first-order valence-corrected chi connectivity index (χ1v) is 10.7. The Hall–Kier alpha value is -2.57. The van der Waals surface area contributed by atoms with Crippen LogP contribution in [-0.2, 0) is 11.2 Å². The summed E-state index contributed by atoms with van der Waals surface area (Å²) >= 11 is 0. The molecule has 6 nitrogen and oxygen atoms in total. The number of aryl methyl sites for hydroxylation is 1. The average Bonchev–Trinajstić information content (AvgIpc) is 2.80. The van der Waals surface area contributed by atoms with Crippen LogP contribution < -0.4 is 14.8 Å².